The molecule has 0 aromatic carbocycles. The summed E-state index contributed by atoms with van der Waals surface area (Å²) in [5, 5.41) is 28.1. The molecule has 0 rings (SSSR count). The molecule has 0 aromatic rings. The molecule has 0 aliphatic heterocycles. The Bertz CT molecular complexity index is 403. The van der Waals surface area contributed by atoms with Crippen LogP contribution in [0.4, 0.5) is 0 Å². The van der Waals surface area contributed by atoms with E-state index in [0.29, 0.717) is 6.42 Å². The number of aliphatic carboxylic acids is 3. The van der Waals surface area contributed by atoms with Gasteiger partial charge in [-0.15, -0.1) is 0 Å². The van der Waals surface area contributed by atoms with Crippen molar-refractivity contribution in [3.8, 4) is 0 Å². The fraction of sp³-hybridized carbons (Fsp3) is 0.600. The summed E-state index contributed by atoms with van der Waals surface area (Å²) >= 11 is 0. The Labute approximate surface area is 142 Å². The van der Waals surface area contributed by atoms with Crippen LogP contribution < -0.4 is 16.8 Å². The number of nitrogens with one attached hydrogen (secondary N) is 1. The third-order valence-corrected chi connectivity index (χ3v) is 2.27. The second-order valence-electron chi connectivity index (χ2n) is 3.99. The summed E-state index contributed by atoms with van der Waals surface area (Å²) in [5.74, 6) is -3.99. The molecule has 11 heteroatoms. The van der Waals surface area contributed by atoms with Crippen molar-refractivity contribution in [1.29, 1.82) is 0 Å². The van der Waals surface area contributed by atoms with E-state index in [4.69, 9.17) is 26.8 Å². The molecule has 0 heterocycles. The number of guanidine groups is 1. The van der Waals surface area contributed by atoms with Crippen LogP contribution in [0.15, 0.2) is 4.99 Å². The zero-order valence-electron chi connectivity index (χ0n) is 11.7. The van der Waals surface area contributed by atoms with Crippen molar-refractivity contribution in [1.82, 2.24) is 5.32 Å². The molecule has 0 saturated carbocycles. The third kappa shape index (κ3) is 11.0. The molecule has 0 bridgehead atoms. The summed E-state index contributed by atoms with van der Waals surface area (Å²) in [5.41, 5.74) is 10.7. The number of carbonyl (C=O) groups is 3. The van der Waals surface area contributed by atoms with Crippen molar-refractivity contribution in [2.75, 3.05) is 6.54 Å². The minimum absolute atomic E-state index is 0. The van der Waals surface area contributed by atoms with Crippen molar-refractivity contribution in [2.45, 2.75) is 31.3 Å². The minimum atomic E-state index is -1.38. The Kier molecular flexibility index (Phi) is 11.8. The van der Waals surface area contributed by atoms with Gasteiger partial charge in [0.1, 0.15) is 12.1 Å². The van der Waals surface area contributed by atoms with Gasteiger partial charge in [0.05, 0.1) is 6.42 Å². The van der Waals surface area contributed by atoms with Gasteiger partial charge in [-0.1, -0.05) is 0 Å². The van der Waals surface area contributed by atoms with Gasteiger partial charge < -0.3 is 32.1 Å². The summed E-state index contributed by atoms with van der Waals surface area (Å²) < 4.78 is 0. The predicted octanol–water partition coefficient (Wildman–Crippen LogP) is -2.37. The van der Waals surface area contributed by atoms with Gasteiger partial charge in [-0.05, 0) is 12.8 Å². The van der Waals surface area contributed by atoms with Gasteiger partial charge in [0.25, 0.3) is 0 Å². The van der Waals surface area contributed by atoms with Crippen molar-refractivity contribution in [3.63, 3.8) is 0 Å². The van der Waals surface area contributed by atoms with Gasteiger partial charge >= 0.3 is 17.9 Å². The molecule has 0 aliphatic rings. The molecule has 0 spiro atoms. The van der Waals surface area contributed by atoms with Crippen molar-refractivity contribution in [2.24, 2.45) is 16.5 Å². The largest absolute Gasteiger partial charge is 0.481 e. The molecular weight excluding hydrogens is 295 g/mol. The van der Waals surface area contributed by atoms with Crippen LogP contribution >= 0.6 is 0 Å². The summed E-state index contributed by atoms with van der Waals surface area (Å²) in [4.78, 5) is 35.4. The number of rotatable bonds is 9. The Balaban J connectivity index is 0. The Morgan fingerprint density at radius 1 is 1.14 bits per heavy atom. The van der Waals surface area contributed by atoms with Gasteiger partial charge in [-0.3, -0.25) is 14.6 Å². The monoisotopic (exact) mass is 313 g/mol. The smallest absolute Gasteiger partial charge is 0.326 e. The average Bonchev–Trinajstić information content (AvgIpc) is 2.32. The topological polar surface area (TPSA) is 188 Å². The summed E-state index contributed by atoms with van der Waals surface area (Å²) in [6, 6.07) is -2.37. The predicted molar refractivity (Wildman–Crippen MR) is 73.9 cm³/mol. The second kappa shape index (κ2) is 11.3. The van der Waals surface area contributed by atoms with E-state index in [1.165, 1.54) is 0 Å². The van der Waals surface area contributed by atoms with E-state index in [1.807, 2.05) is 0 Å². The molecule has 2 atom stereocenters. The van der Waals surface area contributed by atoms with Crippen molar-refractivity contribution in [3.05, 3.63) is 0 Å². The van der Waals surface area contributed by atoms with E-state index >= 15 is 0 Å². The summed E-state index contributed by atoms with van der Waals surface area (Å²) in [6.07, 6.45) is -0.0917. The maximum Gasteiger partial charge on any atom is 0.326 e. The fourth-order valence-electron chi connectivity index (χ4n) is 1.23. The Morgan fingerprint density at radius 2 is 1.71 bits per heavy atom. The Morgan fingerprint density at radius 3 is 2.14 bits per heavy atom. The minimum Gasteiger partial charge on any atom is -0.481 e. The first-order valence-corrected chi connectivity index (χ1v) is 5.73. The molecule has 0 aromatic heterocycles. The normalized spacial score (nSPS) is 13.7. The van der Waals surface area contributed by atoms with Gasteiger partial charge in [-0.25, -0.2) is 4.79 Å². The molecule has 21 heavy (non-hydrogen) atoms. The van der Waals surface area contributed by atoms with E-state index in [0.717, 1.165) is 0 Å². The van der Waals surface area contributed by atoms with Crippen LogP contribution in [0.2, 0.25) is 0 Å². The van der Waals surface area contributed by atoms with Gasteiger partial charge in [-0.2, -0.15) is 0 Å². The zero-order valence-corrected chi connectivity index (χ0v) is 13.7. The van der Waals surface area contributed by atoms with E-state index in [2.05, 4.69) is 10.3 Å². The van der Waals surface area contributed by atoms with Crippen molar-refractivity contribution < 1.29 is 29.7 Å². The van der Waals surface area contributed by atoms with Crippen LogP contribution in [0.3, 0.4) is 0 Å². The van der Waals surface area contributed by atoms with E-state index in [1.54, 1.807) is 0 Å². The van der Waals surface area contributed by atoms with Crippen LogP contribution in [0.5, 0.6) is 0 Å². The van der Waals surface area contributed by atoms with Gasteiger partial charge in [0, 0.05) is 36.1 Å². The van der Waals surface area contributed by atoms with E-state index < -0.39 is 36.4 Å². The first kappa shape index (κ1) is 21.9. The molecule has 0 saturated heterocycles. The number of carboxylic acid groups (broad SMARTS) is 3. The first-order valence-electron chi connectivity index (χ1n) is 5.73. The summed E-state index contributed by atoms with van der Waals surface area (Å²) in [6.45, 7) is 0.152. The molecular formula is C10H18N4NaO6. The standard InChI is InChI=1S/C10H18N4O6.Na/c11-5(8(17)18)2-1-3-13-10(12)14-6(9(19)20)4-7(15)16;/h5-6H,1-4,11H2,(H,15,16)(H,17,18)(H,19,20)(H3,12,13,14);/t5-,6-;/m0./s1. The number of nitrogens with two attached hydrogens (primary N) is 2. The molecule has 10 nitrogen and oxygen atoms in total. The fourth-order valence-corrected chi connectivity index (χ4v) is 1.23. The number of hydrogen-bond donors (Lipinski definition) is 6. The SMILES string of the molecule is NC(=NCCC[C@H](N)C(=O)O)N[C@@H](CC(=O)O)C(=O)O.[Na]. The molecule has 0 aliphatic carbocycles. The van der Waals surface area contributed by atoms with Crippen LogP contribution in [-0.2, 0) is 14.4 Å². The third-order valence-electron chi connectivity index (χ3n) is 2.27. The molecule has 0 unspecified atom stereocenters. The number of hydrogen-bond acceptors (Lipinski definition) is 5. The molecule has 0 amide bonds. The van der Waals surface area contributed by atoms with Crippen LogP contribution in [0, 0.1) is 0 Å². The maximum absolute atomic E-state index is 10.7. The quantitative estimate of drug-likeness (QED) is 0.117. The molecule has 115 valence electrons. The van der Waals surface area contributed by atoms with Gasteiger partial charge in [0.15, 0.2) is 5.96 Å². The molecule has 1 radical (unpaired) electrons. The number of carboxylic acids is 3. The Hall–Kier alpha value is -1.36. The number of nitrogens with zero attached hydrogens (tertiary/aromatic N) is 1. The van der Waals surface area contributed by atoms with E-state index in [9.17, 15) is 14.4 Å². The van der Waals surface area contributed by atoms with Crippen LogP contribution in [0.1, 0.15) is 19.3 Å². The van der Waals surface area contributed by atoms with Gasteiger partial charge in [0.2, 0.25) is 0 Å². The summed E-state index contributed by atoms with van der Waals surface area (Å²) in [7, 11) is 0. The molecule has 8 N–H and O–H groups in total. The number of aliphatic imine (C=N–C) groups is 1. The second-order valence-corrected chi connectivity index (χ2v) is 3.99. The van der Waals surface area contributed by atoms with E-state index in [-0.39, 0.29) is 48.5 Å². The zero-order chi connectivity index (χ0) is 15.7. The van der Waals surface area contributed by atoms with Crippen molar-refractivity contribution >= 4 is 53.4 Å². The molecule has 0 fully saturated rings. The van der Waals surface area contributed by atoms with Crippen LogP contribution in [-0.4, -0.2) is 87.4 Å². The first-order chi connectivity index (χ1) is 9.23. The van der Waals surface area contributed by atoms with Crippen LogP contribution in [0.25, 0.3) is 0 Å². The average molecular weight is 313 g/mol. The maximum atomic E-state index is 10.7.